The Bertz CT molecular complexity index is 1180. The fourth-order valence-electron chi connectivity index (χ4n) is 4.10. The average molecular weight is 469 g/mol. The van der Waals surface area contributed by atoms with E-state index in [1.54, 1.807) is 12.1 Å². The first kappa shape index (κ1) is 24.9. The molecule has 2 aromatic carbocycles. The van der Waals surface area contributed by atoms with E-state index >= 15 is 0 Å². The van der Waals surface area contributed by atoms with Crippen molar-refractivity contribution in [1.82, 2.24) is 0 Å². The van der Waals surface area contributed by atoms with Crippen LogP contribution in [0.25, 0.3) is 6.08 Å². The summed E-state index contributed by atoms with van der Waals surface area (Å²) < 4.78 is 12.0. The first-order chi connectivity index (χ1) is 15.5. The van der Waals surface area contributed by atoms with E-state index in [4.69, 9.17) is 0 Å². The number of phenolic OH excluding ortho intramolecular Hbond substituents is 1. The van der Waals surface area contributed by atoms with E-state index in [1.165, 1.54) is 6.66 Å². The van der Waals surface area contributed by atoms with Gasteiger partial charge in [-0.1, -0.05) is 57.5 Å². The van der Waals surface area contributed by atoms with Gasteiger partial charge in [-0.3, -0.25) is 4.57 Å². The molecule has 0 spiro atoms. The normalized spacial score (nSPS) is 18.0. The second-order valence-electron chi connectivity index (χ2n) is 9.12. The molecule has 0 saturated carbocycles. The number of aryl methyl sites for hydroxylation is 1. The number of aliphatic hydroxyl groups is 1. The van der Waals surface area contributed by atoms with Gasteiger partial charge >= 0.3 is 0 Å². The molecule has 0 radical (unpaired) electrons. The number of hydrogen-bond donors (Lipinski definition) is 3. The van der Waals surface area contributed by atoms with Crippen molar-refractivity contribution in [3.63, 3.8) is 0 Å². The summed E-state index contributed by atoms with van der Waals surface area (Å²) in [7, 11) is -3.32. The maximum absolute atomic E-state index is 12.0. The number of allylic oxidation sites excluding steroid dienone is 1. The molecule has 3 rings (SSSR count). The Morgan fingerprint density at radius 1 is 1.15 bits per heavy atom. The molecular weight excluding hydrogens is 435 g/mol. The molecule has 0 saturated heterocycles. The number of phenols is 1. The summed E-state index contributed by atoms with van der Waals surface area (Å²) >= 11 is 0. The molecule has 176 valence electrons. The lowest BCUT2D eigenvalue weighted by Crippen LogP contribution is -2.19. The van der Waals surface area contributed by atoms with Crippen molar-refractivity contribution < 1.29 is 19.7 Å². The summed E-state index contributed by atoms with van der Waals surface area (Å²) in [6, 6.07) is 9.32. The fourth-order valence-corrected chi connectivity index (χ4v) is 5.00. The van der Waals surface area contributed by atoms with Gasteiger partial charge in [-0.2, -0.15) is 5.10 Å². The van der Waals surface area contributed by atoms with E-state index in [9.17, 15) is 19.7 Å². The highest BCUT2D eigenvalue weighted by molar-refractivity contribution is 7.56. The maximum Gasteiger partial charge on any atom is 0.219 e. The number of aromatic hydroxyl groups is 1. The molecule has 2 aromatic rings. The second-order valence-corrected chi connectivity index (χ2v) is 11.5. The van der Waals surface area contributed by atoms with Gasteiger partial charge in [0.25, 0.3) is 0 Å². The van der Waals surface area contributed by atoms with Gasteiger partial charge in [0, 0.05) is 18.4 Å². The molecule has 1 heterocycles. The zero-order valence-electron chi connectivity index (χ0n) is 19.9. The molecule has 1 aliphatic heterocycles. The molecule has 7 heteroatoms. The SMILES string of the molecule is CCC/C=C\c1cc(C2C(O)=NN=C2c2cc(C(C)C)c(CP(C)(=O)O)cc2O)ccc1C. The minimum absolute atomic E-state index is 0.0164. The molecule has 0 amide bonds. The molecule has 6 nitrogen and oxygen atoms in total. The third kappa shape index (κ3) is 5.82. The summed E-state index contributed by atoms with van der Waals surface area (Å²) in [6.07, 6.45) is 6.26. The summed E-state index contributed by atoms with van der Waals surface area (Å²) in [5, 5.41) is 29.6. The van der Waals surface area contributed by atoms with E-state index in [0.29, 0.717) is 16.8 Å². The van der Waals surface area contributed by atoms with Crippen molar-refractivity contribution in [2.75, 3.05) is 6.66 Å². The van der Waals surface area contributed by atoms with Crippen molar-refractivity contribution in [3.05, 3.63) is 69.8 Å². The summed E-state index contributed by atoms with van der Waals surface area (Å²) in [5.41, 5.74) is 5.43. The quantitative estimate of drug-likeness (QED) is 0.385. The van der Waals surface area contributed by atoms with Gasteiger partial charge in [0.2, 0.25) is 13.3 Å². The molecule has 0 fully saturated rings. The Morgan fingerprint density at radius 3 is 2.52 bits per heavy atom. The van der Waals surface area contributed by atoms with Crippen molar-refractivity contribution in [3.8, 4) is 5.75 Å². The van der Waals surface area contributed by atoms with E-state index in [-0.39, 0.29) is 23.7 Å². The number of aliphatic hydroxyl groups excluding tert-OH is 1. The van der Waals surface area contributed by atoms with Gasteiger partial charge in [0.05, 0.1) is 5.71 Å². The Balaban J connectivity index is 2.06. The Hall–Kier alpha value is -2.69. The lowest BCUT2D eigenvalue weighted by molar-refractivity contribution is 0.472. The van der Waals surface area contributed by atoms with Gasteiger partial charge in [0.15, 0.2) is 0 Å². The molecular formula is C26H33N2O4P. The summed E-state index contributed by atoms with van der Waals surface area (Å²) in [4.78, 5) is 9.89. The van der Waals surface area contributed by atoms with Gasteiger partial charge in [-0.15, -0.1) is 5.10 Å². The largest absolute Gasteiger partial charge is 0.507 e. The molecule has 0 aromatic heterocycles. The second kappa shape index (κ2) is 10.1. The minimum Gasteiger partial charge on any atom is -0.507 e. The van der Waals surface area contributed by atoms with E-state index in [2.05, 4.69) is 29.3 Å². The van der Waals surface area contributed by atoms with E-state index in [0.717, 1.165) is 35.1 Å². The van der Waals surface area contributed by atoms with Crippen molar-refractivity contribution in [2.24, 2.45) is 10.2 Å². The molecule has 0 bridgehead atoms. The minimum atomic E-state index is -3.32. The average Bonchev–Trinajstić information content (AvgIpc) is 3.09. The van der Waals surface area contributed by atoms with Gasteiger partial charge in [-0.05, 0) is 59.2 Å². The fraction of sp³-hybridized carbons (Fsp3) is 0.385. The van der Waals surface area contributed by atoms with Crippen LogP contribution >= 0.6 is 7.37 Å². The van der Waals surface area contributed by atoms with Crippen LogP contribution in [0.1, 0.15) is 78.8 Å². The monoisotopic (exact) mass is 468 g/mol. The van der Waals surface area contributed by atoms with Crippen LogP contribution in [0.4, 0.5) is 0 Å². The topological polar surface area (TPSA) is 102 Å². The predicted molar refractivity (Wildman–Crippen MR) is 136 cm³/mol. The summed E-state index contributed by atoms with van der Waals surface area (Å²) in [6.45, 7) is 9.48. The van der Waals surface area contributed by atoms with Crippen LogP contribution in [0, 0.1) is 6.92 Å². The molecule has 3 N–H and O–H groups in total. The highest BCUT2D eigenvalue weighted by atomic mass is 31.2. The van der Waals surface area contributed by atoms with Crippen LogP contribution in [0.15, 0.2) is 46.6 Å². The lowest BCUT2D eigenvalue weighted by atomic mass is 9.85. The summed E-state index contributed by atoms with van der Waals surface area (Å²) in [5.74, 6) is -0.710. The van der Waals surface area contributed by atoms with E-state index < -0.39 is 13.3 Å². The van der Waals surface area contributed by atoms with Gasteiger partial charge in [0.1, 0.15) is 11.7 Å². The molecule has 1 aliphatic rings. The number of nitrogens with zero attached hydrogens (tertiary/aromatic N) is 2. The molecule has 2 atom stereocenters. The van der Waals surface area contributed by atoms with Crippen LogP contribution in [-0.2, 0) is 10.7 Å². The van der Waals surface area contributed by atoms with Crippen LogP contribution in [0.2, 0.25) is 0 Å². The zero-order valence-corrected chi connectivity index (χ0v) is 20.8. The highest BCUT2D eigenvalue weighted by Gasteiger charge is 2.33. The maximum atomic E-state index is 12.0. The molecule has 0 aliphatic carbocycles. The number of benzene rings is 2. The zero-order chi connectivity index (χ0) is 24.3. The first-order valence-corrected chi connectivity index (χ1v) is 13.6. The number of unbranched alkanes of at least 4 members (excludes halogenated alkanes) is 1. The highest BCUT2D eigenvalue weighted by Crippen LogP contribution is 2.43. The smallest absolute Gasteiger partial charge is 0.219 e. The molecule has 33 heavy (non-hydrogen) atoms. The van der Waals surface area contributed by atoms with Crippen molar-refractivity contribution >= 4 is 25.1 Å². The van der Waals surface area contributed by atoms with Crippen molar-refractivity contribution in [1.29, 1.82) is 0 Å². The van der Waals surface area contributed by atoms with Crippen LogP contribution in [0.3, 0.4) is 0 Å². The Morgan fingerprint density at radius 2 is 1.88 bits per heavy atom. The van der Waals surface area contributed by atoms with Crippen molar-refractivity contribution in [2.45, 2.75) is 58.5 Å². The molecule has 2 unspecified atom stereocenters. The van der Waals surface area contributed by atoms with Crippen LogP contribution < -0.4 is 0 Å². The third-order valence-corrected chi connectivity index (χ3v) is 6.73. The van der Waals surface area contributed by atoms with Crippen LogP contribution in [0.5, 0.6) is 5.75 Å². The van der Waals surface area contributed by atoms with Gasteiger partial charge in [-0.25, -0.2) is 0 Å². The van der Waals surface area contributed by atoms with Crippen LogP contribution in [-0.4, -0.2) is 33.4 Å². The Labute approximate surface area is 195 Å². The Kier molecular flexibility index (Phi) is 7.61. The van der Waals surface area contributed by atoms with Gasteiger partial charge < -0.3 is 15.1 Å². The standard InChI is InChI=1S/C26H33N2O4P/c1-6-7-8-9-18-12-19(11-10-17(18)4)24-25(27-28-26(24)30)22-14-21(16(2)3)20(13-23(22)29)15-33(5,31)32/h8-14,16,24,29H,6-7,15H2,1-5H3,(H,28,30)(H,31,32)/b9-8-. The first-order valence-electron chi connectivity index (χ1n) is 11.3. The number of hydrogen-bond acceptors (Lipinski definition) is 4. The predicted octanol–water partition coefficient (Wildman–Crippen LogP) is 6.50. The third-order valence-electron chi connectivity index (χ3n) is 5.80. The van der Waals surface area contributed by atoms with E-state index in [1.807, 2.05) is 39.0 Å². The number of rotatable bonds is 8. The lowest BCUT2D eigenvalue weighted by Gasteiger charge is -2.20.